The Morgan fingerprint density at radius 2 is 1.84 bits per heavy atom. The van der Waals surface area contributed by atoms with Gasteiger partial charge in [0.25, 0.3) is 5.91 Å². The minimum absolute atomic E-state index is 0.0691. The maximum absolute atomic E-state index is 12.7. The quantitative estimate of drug-likeness (QED) is 0.830. The topological polar surface area (TPSA) is 67.9 Å². The summed E-state index contributed by atoms with van der Waals surface area (Å²) in [4.78, 5) is 26.1. The third-order valence-electron chi connectivity index (χ3n) is 3.94. The van der Waals surface area contributed by atoms with E-state index >= 15 is 0 Å². The van der Waals surface area contributed by atoms with Crippen molar-refractivity contribution < 1.29 is 19.1 Å². The first-order chi connectivity index (χ1) is 12.0. The number of halogens is 1. The zero-order valence-electron chi connectivity index (χ0n) is 13.8. The van der Waals surface area contributed by atoms with Gasteiger partial charge in [-0.05, 0) is 30.3 Å². The molecule has 3 rings (SSSR count). The fourth-order valence-corrected chi connectivity index (χ4v) is 2.94. The second-order valence-corrected chi connectivity index (χ2v) is 5.95. The summed E-state index contributed by atoms with van der Waals surface area (Å²) in [6.45, 7) is 0. The van der Waals surface area contributed by atoms with E-state index in [4.69, 9.17) is 21.1 Å². The summed E-state index contributed by atoms with van der Waals surface area (Å²) >= 11 is 5.96. The zero-order chi connectivity index (χ0) is 18.0. The molecular weight excluding hydrogens is 344 g/mol. The Morgan fingerprint density at radius 1 is 1.08 bits per heavy atom. The molecule has 1 unspecified atom stereocenters. The van der Waals surface area contributed by atoms with Gasteiger partial charge in [0.2, 0.25) is 5.91 Å². The molecule has 0 saturated carbocycles. The molecule has 1 N–H and O–H groups in total. The van der Waals surface area contributed by atoms with Crippen LogP contribution < -0.4 is 19.7 Å². The monoisotopic (exact) mass is 360 g/mol. The summed E-state index contributed by atoms with van der Waals surface area (Å²) in [5.41, 5.74) is 1.14. The Morgan fingerprint density at radius 3 is 2.52 bits per heavy atom. The van der Waals surface area contributed by atoms with Gasteiger partial charge in [0, 0.05) is 16.8 Å². The summed E-state index contributed by atoms with van der Waals surface area (Å²) in [6, 6.07) is 11.2. The summed E-state index contributed by atoms with van der Waals surface area (Å²) in [5, 5.41) is 3.55. The third-order valence-corrected chi connectivity index (χ3v) is 4.17. The number of nitrogens with one attached hydrogen (secondary N) is 1. The lowest BCUT2D eigenvalue weighted by molar-refractivity contribution is -0.121. The van der Waals surface area contributed by atoms with Crippen molar-refractivity contribution in [2.45, 2.75) is 12.5 Å². The summed E-state index contributed by atoms with van der Waals surface area (Å²) in [5.74, 6) is 0.533. The van der Waals surface area contributed by atoms with Crippen molar-refractivity contribution in [1.82, 2.24) is 0 Å². The molecule has 0 bridgehead atoms. The van der Waals surface area contributed by atoms with Gasteiger partial charge in [-0.15, -0.1) is 0 Å². The largest absolute Gasteiger partial charge is 0.493 e. The van der Waals surface area contributed by atoms with Crippen LogP contribution in [-0.2, 0) is 9.59 Å². The fraction of sp³-hybridized carbons (Fsp3) is 0.222. The van der Waals surface area contributed by atoms with Crippen LogP contribution in [0.1, 0.15) is 6.42 Å². The van der Waals surface area contributed by atoms with Crippen LogP contribution in [0.5, 0.6) is 11.5 Å². The molecule has 0 aromatic heterocycles. The Labute approximate surface area is 150 Å². The molecule has 1 fully saturated rings. The molecule has 130 valence electrons. The predicted molar refractivity (Wildman–Crippen MR) is 95.5 cm³/mol. The Bertz CT molecular complexity index is 824. The molecule has 0 radical (unpaired) electrons. The van der Waals surface area contributed by atoms with E-state index in [-0.39, 0.29) is 18.2 Å². The number of hydrogen-bond donors (Lipinski definition) is 1. The van der Waals surface area contributed by atoms with Gasteiger partial charge in [0.05, 0.1) is 26.3 Å². The van der Waals surface area contributed by atoms with Gasteiger partial charge >= 0.3 is 0 Å². The molecule has 0 aliphatic carbocycles. The first-order valence-electron chi connectivity index (χ1n) is 7.64. The van der Waals surface area contributed by atoms with Gasteiger partial charge in [-0.1, -0.05) is 17.7 Å². The van der Waals surface area contributed by atoms with E-state index in [1.54, 1.807) is 49.6 Å². The molecule has 2 amide bonds. The van der Waals surface area contributed by atoms with Crippen LogP contribution in [0.4, 0.5) is 11.4 Å². The average molecular weight is 361 g/mol. The van der Waals surface area contributed by atoms with E-state index in [9.17, 15) is 9.59 Å². The summed E-state index contributed by atoms with van der Waals surface area (Å²) in [7, 11) is 3.08. The van der Waals surface area contributed by atoms with Gasteiger partial charge in [-0.2, -0.15) is 0 Å². The molecule has 1 aliphatic heterocycles. The highest BCUT2D eigenvalue weighted by molar-refractivity contribution is 6.31. The molecule has 25 heavy (non-hydrogen) atoms. The van der Waals surface area contributed by atoms with Gasteiger partial charge < -0.3 is 14.8 Å². The molecule has 2 aromatic rings. The number of hydrogen-bond acceptors (Lipinski definition) is 5. The molecule has 1 saturated heterocycles. The van der Waals surface area contributed by atoms with Crippen LogP contribution in [0.25, 0.3) is 0 Å². The molecule has 1 atom stereocenters. The first-order valence-corrected chi connectivity index (χ1v) is 8.02. The Kier molecular flexibility index (Phi) is 4.81. The number of methoxy groups -OCH3 is 2. The van der Waals surface area contributed by atoms with E-state index in [1.165, 1.54) is 7.11 Å². The first kappa shape index (κ1) is 17.1. The number of carbonyl (C=O) groups excluding carboxylic acids is 2. The van der Waals surface area contributed by atoms with Crippen LogP contribution in [-0.4, -0.2) is 32.1 Å². The second kappa shape index (κ2) is 7.03. The maximum atomic E-state index is 12.7. The molecule has 1 aliphatic rings. The van der Waals surface area contributed by atoms with Gasteiger partial charge in [0.1, 0.15) is 6.04 Å². The number of anilines is 2. The van der Waals surface area contributed by atoms with Crippen LogP contribution in [0, 0.1) is 0 Å². The average Bonchev–Trinajstić information content (AvgIpc) is 2.88. The number of ether oxygens (including phenoxy) is 2. The van der Waals surface area contributed by atoms with Gasteiger partial charge in [-0.25, -0.2) is 4.90 Å². The predicted octanol–water partition coefficient (Wildman–Crippen LogP) is 3.10. The van der Waals surface area contributed by atoms with Crippen molar-refractivity contribution in [1.29, 1.82) is 0 Å². The molecule has 0 spiro atoms. The van der Waals surface area contributed by atoms with Gasteiger partial charge in [0.15, 0.2) is 11.5 Å². The highest BCUT2D eigenvalue weighted by Gasteiger charge is 2.39. The zero-order valence-corrected chi connectivity index (χ0v) is 14.5. The molecule has 7 heteroatoms. The number of imide groups is 1. The lowest BCUT2D eigenvalue weighted by atomic mass is 10.2. The van der Waals surface area contributed by atoms with Crippen LogP contribution >= 0.6 is 11.6 Å². The highest BCUT2D eigenvalue weighted by atomic mass is 35.5. The number of benzene rings is 2. The normalized spacial score (nSPS) is 16.9. The SMILES string of the molecule is COc1ccc(NC2CC(=O)N(c3cccc(Cl)c3)C2=O)cc1OC. The van der Waals surface area contributed by atoms with Crippen LogP contribution in [0.15, 0.2) is 42.5 Å². The van der Waals surface area contributed by atoms with Crippen LogP contribution in [0.3, 0.4) is 0 Å². The maximum Gasteiger partial charge on any atom is 0.256 e. The Hall–Kier alpha value is -2.73. The van der Waals surface area contributed by atoms with E-state index in [0.29, 0.717) is 27.9 Å². The minimum atomic E-state index is -0.649. The lowest BCUT2D eigenvalue weighted by Crippen LogP contribution is -2.34. The highest BCUT2D eigenvalue weighted by Crippen LogP contribution is 2.32. The standard InChI is InChI=1S/C18H17ClN2O4/c1-24-15-7-6-12(9-16(15)25-2)20-14-10-17(22)21(18(14)23)13-5-3-4-11(19)8-13/h3-9,14,20H,10H2,1-2H3. The number of rotatable bonds is 5. The van der Waals surface area contributed by atoms with Crippen molar-refractivity contribution >= 4 is 34.8 Å². The summed E-state index contributed by atoms with van der Waals surface area (Å²) in [6.07, 6.45) is 0.0691. The fourth-order valence-electron chi connectivity index (χ4n) is 2.76. The van der Waals surface area contributed by atoms with Crippen molar-refractivity contribution in [3.05, 3.63) is 47.5 Å². The van der Waals surface area contributed by atoms with E-state index in [1.807, 2.05) is 0 Å². The Balaban J connectivity index is 1.81. The van der Waals surface area contributed by atoms with Gasteiger partial charge in [-0.3, -0.25) is 9.59 Å². The van der Waals surface area contributed by atoms with E-state index in [2.05, 4.69) is 5.32 Å². The van der Waals surface area contributed by atoms with E-state index in [0.717, 1.165) is 4.90 Å². The number of amides is 2. The number of nitrogens with zero attached hydrogens (tertiary/aromatic N) is 1. The molecule has 2 aromatic carbocycles. The lowest BCUT2D eigenvalue weighted by Gasteiger charge is -2.17. The molecular formula is C18H17ClN2O4. The van der Waals surface area contributed by atoms with Crippen molar-refractivity contribution in [2.24, 2.45) is 0 Å². The molecule has 6 nitrogen and oxygen atoms in total. The number of carbonyl (C=O) groups is 2. The van der Waals surface area contributed by atoms with Crippen molar-refractivity contribution in [2.75, 3.05) is 24.4 Å². The smallest absolute Gasteiger partial charge is 0.256 e. The minimum Gasteiger partial charge on any atom is -0.493 e. The van der Waals surface area contributed by atoms with E-state index < -0.39 is 6.04 Å². The third kappa shape index (κ3) is 3.39. The second-order valence-electron chi connectivity index (χ2n) is 5.52. The van der Waals surface area contributed by atoms with Crippen molar-refractivity contribution in [3.63, 3.8) is 0 Å². The molecule has 1 heterocycles. The summed E-state index contributed by atoms with van der Waals surface area (Å²) < 4.78 is 10.4. The van der Waals surface area contributed by atoms with Crippen LogP contribution in [0.2, 0.25) is 5.02 Å². The van der Waals surface area contributed by atoms with Crippen molar-refractivity contribution in [3.8, 4) is 11.5 Å².